The second-order valence-electron chi connectivity index (χ2n) is 6.61. The highest BCUT2D eigenvalue weighted by Gasteiger charge is 2.22. The van der Waals surface area contributed by atoms with Crippen LogP contribution in [0, 0.1) is 11.7 Å². The summed E-state index contributed by atoms with van der Waals surface area (Å²) in [7, 11) is 0. The van der Waals surface area contributed by atoms with E-state index in [-0.39, 0.29) is 11.7 Å². The largest absolute Gasteiger partial charge is 0.352 e. The number of aromatic nitrogens is 1. The van der Waals surface area contributed by atoms with Gasteiger partial charge in [-0.25, -0.2) is 9.37 Å². The molecule has 3 aromatic rings. The quantitative estimate of drug-likeness (QED) is 0.754. The highest BCUT2D eigenvalue weighted by molar-refractivity contribution is 7.22. The van der Waals surface area contributed by atoms with Crippen LogP contribution in [0.1, 0.15) is 23.2 Å². The van der Waals surface area contributed by atoms with Crippen LogP contribution in [0.2, 0.25) is 0 Å². The van der Waals surface area contributed by atoms with Gasteiger partial charge < -0.3 is 10.2 Å². The summed E-state index contributed by atoms with van der Waals surface area (Å²) in [6, 6.07) is 14.0. The number of hydrogen-bond donors (Lipinski definition) is 1. The first-order chi connectivity index (χ1) is 12.7. The number of thiazole rings is 1. The van der Waals surface area contributed by atoms with Crippen molar-refractivity contribution in [1.82, 2.24) is 10.3 Å². The Morgan fingerprint density at radius 3 is 2.77 bits per heavy atom. The third-order valence-corrected chi connectivity index (χ3v) is 5.90. The van der Waals surface area contributed by atoms with Crippen molar-refractivity contribution in [3.05, 3.63) is 59.9 Å². The predicted molar refractivity (Wildman–Crippen MR) is 103 cm³/mol. The molecule has 2 heterocycles. The predicted octanol–water partition coefficient (Wildman–Crippen LogP) is 4.08. The maximum absolute atomic E-state index is 13.2. The molecule has 4 rings (SSSR count). The minimum atomic E-state index is -0.387. The molecular weight excluding hydrogens is 349 g/mol. The van der Waals surface area contributed by atoms with Crippen LogP contribution in [-0.2, 0) is 0 Å². The van der Waals surface area contributed by atoms with Crippen LogP contribution in [0.15, 0.2) is 48.5 Å². The van der Waals surface area contributed by atoms with Gasteiger partial charge in [-0.05, 0) is 49.1 Å². The number of fused-ring (bicyclic) bond motifs is 1. The SMILES string of the molecule is O=C(NCC1CCN(c2nc3ccccc3s2)CC1)c1cccc(F)c1. The summed E-state index contributed by atoms with van der Waals surface area (Å²) in [6.07, 6.45) is 2.03. The number of hydrogen-bond acceptors (Lipinski definition) is 4. The average molecular weight is 369 g/mol. The van der Waals surface area contributed by atoms with Gasteiger partial charge in [0.05, 0.1) is 10.2 Å². The number of carbonyl (C=O) groups excluding carboxylic acids is 1. The highest BCUT2D eigenvalue weighted by Crippen LogP contribution is 2.31. The lowest BCUT2D eigenvalue weighted by molar-refractivity contribution is 0.0944. The van der Waals surface area contributed by atoms with Crippen molar-refractivity contribution in [1.29, 1.82) is 0 Å². The van der Waals surface area contributed by atoms with Gasteiger partial charge >= 0.3 is 0 Å². The lowest BCUT2D eigenvalue weighted by atomic mass is 9.97. The van der Waals surface area contributed by atoms with Crippen LogP contribution in [0.25, 0.3) is 10.2 Å². The fourth-order valence-electron chi connectivity index (χ4n) is 3.29. The zero-order chi connectivity index (χ0) is 17.9. The van der Waals surface area contributed by atoms with E-state index >= 15 is 0 Å². The molecule has 0 unspecified atom stereocenters. The van der Waals surface area contributed by atoms with Crippen molar-refractivity contribution < 1.29 is 9.18 Å². The molecule has 0 radical (unpaired) electrons. The molecule has 1 aliphatic heterocycles. The first-order valence-corrected chi connectivity index (χ1v) is 9.65. The molecule has 0 bridgehead atoms. The second-order valence-corrected chi connectivity index (χ2v) is 7.62. The minimum absolute atomic E-state index is 0.210. The monoisotopic (exact) mass is 369 g/mol. The Balaban J connectivity index is 1.30. The Hall–Kier alpha value is -2.47. The minimum Gasteiger partial charge on any atom is -0.352 e. The van der Waals surface area contributed by atoms with E-state index in [2.05, 4.69) is 16.3 Å². The number of benzene rings is 2. The molecule has 0 saturated carbocycles. The van der Waals surface area contributed by atoms with Crippen molar-refractivity contribution in [2.75, 3.05) is 24.5 Å². The van der Waals surface area contributed by atoms with Crippen molar-refractivity contribution in [3.63, 3.8) is 0 Å². The number of nitrogens with one attached hydrogen (secondary N) is 1. The van der Waals surface area contributed by atoms with Crippen LogP contribution in [0.4, 0.5) is 9.52 Å². The van der Waals surface area contributed by atoms with Crippen LogP contribution in [-0.4, -0.2) is 30.5 Å². The Bertz CT molecular complexity index is 885. The fraction of sp³-hybridized carbons (Fsp3) is 0.300. The lowest BCUT2D eigenvalue weighted by Crippen LogP contribution is -2.38. The summed E-state index contributed by atoms with van der Waals surface area (Å²) in [5.41, 5.74) is 1.42. The van der Waals surface area contributed by atoms with Crippen molar-refractivity contribution in [2.24, 2.45) is 5.92 Å². The van der Waals surface area contributed by atoms with Crippen molar-refractivity contribution >= 4 is 32.6 Å². The van der Waals surface area contributed by atoms with Crippen molar-refractivity contribution in [2.45, 2.75) is 12.8 Å². The average Bonchev–Trinajstić information content (AvgIpc) is 3.11. The molecule has 1 amide bonds. The summed E-state index contributed by atoms with van der Waals surface area (Å²) in [4.78, 5) is 19.2. The Labute approximate surface area is 155 Å². The number of halogens is 1. The molecular formula is C20H20FN3OS. The molecule has 4 nitrogen and oxygen atoms in total. The molecule has 0 atom stereocenters. The van der Waals surface area contributed by atoms with Gasteiger partial charge in [-0.1, -0.05) is 29.5 Å². The van der Waals surface area contributed by atoms with Gasteiger partial charge in [-0.15, -0.1) is 0 Å². The topological polar surface area (TPSA) is 45.2 Å². The van der Waals surface area contributed by atoms with Crippen LogP contribution in [0.3, 0.4) is 0 Å². The molecule has 1 aromatic heterocycles. The molecule has 1 N–H and O–H groups in total. The molecule has 134 valence electrons. The molecule has 1 fully saturated rings. The lowest BCUT2D eigenvalue weighted by Gasteiger charge is -2.31. The van der Waals surface area contributed by atoms with Gasteiger partial charge in [0, 0.05) is 25.2 Å². The number of piperidine rings is 1. The van der Waals surface area contributed by atoms with Crippen LogP contribution in [0.5, 0.6) is 0 Å². The highest BCUT2D eigenvalue weighted by atomic mass is 32.1. The van der Waals surface area contributed by atoms with Gasteiger partial charge in [0.25, 0.3) is 5.91 Å². The summed E-state index contributed by atoms with van der Waals surface area (Å²) in [5.74, 6) is -0.155. The van der Waals surface area contributed by atoms with E-state index in [4.69, 9.17) is 4.98 Å². The van der Waals surface area contributed by atoms with Crippen LogP contribution < -0.4 is 10.2 Å². The van der Waals surface area contributed by atoms with Gasteiger partial charge in [0.15, 0.2) is 5.13 Å². The smallest absolute Gasteiger partial charge is 0.251 e. The summed E-state index contributed by atoms with van der Waals surface area (Å²) in [5, 5.41) is 4.01. The van der Waals surface area contributed by atoms with Gasteiger partial charge in [-0.2, -0.15) is 0 Å². The van der Waals surface area contributed by atoms with E-state index in [0.717, 1.165) is 36.6 Å². The first-order valence-electron chi connectivity index (χ1n) is 8.83. The normalized spacial score (nSPS) is 15.3. The van der Waals surface area contributed by atoms with Crippen LogP contribution >= 0.6 is 11.3 Å². The number of carbonyl (C=O) groups is 1. The molecule has 6 heteroatoms. The summed E-state index contributed by atoms with van der Waals surface area (Å²) in [6.45, 7) is 2.52. The van der Waals surface area contributed by atoms with Gasteiger partial charge in [0.1, 0.15) is 5.82 Å². The molecule has 26 heavy (non-hydrogen) atoms. The third-order valence-electron chi connectivity index (χ3n) is 4.81. The van der Waals surface area contributed by atoms with Gasteiger partial charge in [-0.3, -0.25) is 4.79 Å². The molecule has 1 aliphatic rings. The Kier molecular flexibility index (Phi) is 4.84. The summed E-state index contributed by atoms with van der Waals surface area (Å²) < 4.78 is 14.4. The molecule has 1 saturated heterocycles. The van der Waals surface area contributed by atoms with E-state index in [1.165, 1.54) is 16.8 Å². The standard InChI is InChI=1S/C20H20FN3OS/c21-16-5-3-4-15(12-16)19(25)22-13-14-8-10-24(11-9-14)20-23-17-6-1-2-7-18(17)26-20/h1-7,12,14H,8-11,13H2,(H,22,25). The number of rotatable bonds is 4. The number of nitrogens with zero attached hydrogens (tertiary/aromatic N) is 2. The van der Waals surface area contributed by atoms with Crippen molar-refractivity contribution in [3.8, 4) is 0 Å². The van der Waals surface area contributed by atoms with E-state index in [1.807, 2.05) is 18.2 Å². The zero-order valence-electron chi connectivity index (χ0n) is 14.3. The van der Waals surface area contributed by atoms with Gasteiger partial charge in [0.2, 0.25) is 0 Å². The molecule has 0 aliphatic carbocycles. The molecule has 2 aromatic carbocycles. The Morgan fingerprint density at radius 2 is 2.00 bits per heavy atom. The summed E-state index contributed by atoms with van der Waals surface area (Å²) >= 11 is 1.73. The number of amides is 1. The number of para-hydroxylation sites is 1. The maximum atomic E-state index is 13.2. The Morgan fingerprint density at radius 1 is 1.19 bits per heavy atom. The van der Waals surface area contributed by atoms with E-state index in [9.17, 15) is 9.18 Å². The first kappa shape index (κ1) is 17.0. The van der Waals surface area contributed by atoms with E-state index < -0.39 is 0 Å². The maximum Gasteiger partial charge on any atom is 0.251 e. The molecule has 0 spiro atoms. The van der Waals surface area contributed by atoms with E-state index in [1.54, 1.807) is 23.5 Å². The zero-order valence-corrected chi connectivity index (χ0v) is 15.1. The third kappa shape index (κ3) is 3.70. The second kappa shape index (κ2) is 7.41. The van der Waals surface area contributed by atoms with E-state index in [0.29, 0.717) is 18.0 Å². The fourth-order valence-corrected chi connectivity index (χ4v) is 4.31. The number of anilines is 1.